The summed E-state index contributed by atoms with van der Waals surface area (Å²) in [7, 11) is 0. The average Bonchev–Trinajstić information content (AvgIpc) is 2.80. The number of aliphatic hydroxyl groups excluding tert-OH is 2. The van der Waals surface area contributed by atoms with Gasteiger partial charge in [0.2, 0.25) is 0 Å². The van der Waals surface area contributed by atoms with Crippen molar-refractivity contribution >= 4 is 11.9 Å². The first-order valence-electron chi connectivity index (χ1n) is 13.4. The molecular formula is C26H46O8. The lowest BCUT2D eigenvalue weighted by molar-refractivity contribution is -0.315. The number of fused-ring (bicyclic) bond motifs is 1. The molecule has 8 nitrogen and oxygen atoms in total. The number of esters is 2. The molecule has 2 N–H and O–H groups in total. The summed E-state index contributed by atoms with van der Waals surface area (Å²) in [5.41, 5.74) is 0. The van der Waals surface area contributed by atoms with Crippen LogP contribution in [0.15, 0.2) is 0 Å². The second-order valence-corrected chi connectivity index (χ2v) is 9.76. The summed E-state index contributed by atoms with van der Waals surface area (Å²) < 4.78 is 22.9. The first kappa shape index (κ1) is 29.0. The second kappa shape index (κ2) is 16.5. The number of carbonyl (C=O) groups is 2. The monoisotopic (exact) mass is 486 g/mol. The SMILES string of the molecule is CCCCCC[C@@H]1CCCCCCCCCCC(=O)O[C@H]2[C@H](O1)O[C@H](COC(C)=O)[C@@H](O)[C@@H]2O. The Hall–Kier alpha value is -1.22. The van der Waals surface area contributed by atoms with Gasteiger partial charge < -0.3 is 29.2 Å². The molecule has 0 aromatic carbocycles. The van der Waals surface area contributed by atoms with Crippen LogP contribution in [0.4, 0.5) is 0 Å². The summed E-state index contributed by atoms with van der Waals surface area (Å²) >= 11 is 0. The molecule has 2 saturated heterocycles. The molecule has 2 heterocycles. The van der Waals surface area contributed by atoms with E-state index in [4.69, 9.17) is 18.9 Å². The fourth-order valence-corrected chi connectivity index (χ4v) is 4.66. The van der Waals surface area contributed by atoms with Gasteiger partial charge in [0.1, 0.15) is 24.9 Å². The molecule has 0 saturated carbocycles. The molecule has 0 bridgehead atoms. The maximum atomic E-state index is 12.5. The Labute approximate surface area is 204 Å². The first-order valence-corrected chi connectivity index (χ1v) is 13.4. The highest BCUT2D eigenvalue weighted by Crippen LogP contribution is 2.29. The number of hydrogen-bond acceptors (Lipinski definition) is 8. The third kappa shape index (κ3) is 10.6. The van der Waals surface area contributed by atoms with Gasteiger partial charge in [0, 0.05) is 13.3 Å². The van der Waals surface area contributed by atoms with Crippen molar-refractivity contribution in [2.45, 2.75) is 147 Å². The van der Waals surface area contributed by atoms with Crippen LogP contribution in [0, 0.1) is 0 Å². The van der Waals surface area contributed by atoms with Crippen molar-refractivity contribution in [1.82, 2.24) is 0 Å². The van der Waals surface area contributed by atoms with Gasteiger partial charge in [-0.25, -0.2) is 0 Å². The van der Waals surface area contributed by atoms with Crippen LogP contribution in [0.1, 0.15) is 110 Å². The van der Waals surface area contributed by atoms with E-state index in [0.29, 0.717) is 0 Å². The van der Waals surface area contributed by atoms with E-state index in [2.05, 4.69) is 6.92 Å². The molecule has 2 rings (SSSR count). The highest BCUT2D eigenvalue weighted by atomic mass is 16.7. The third-order valence-electron chi connectivity index (χ3n) is 6.73. The summed E-state index contributed by atoms with van der Waals surface area (Å²) in [6.07, 6.45) is 8.99. The molecular weight excluding hydrogens is 440 g/mol. The molecule has 2 fully saturated rings. The number of ether oxygens (including phenoxy) is 4. The Balaban J connectivity index is 2.15. The number of unbranched alkanes of at least 4 members (excludes halogenated alkanes) is 3. The minimum atomic E-state index is -1.40. The van der Waals surface area contributed by atoms with Gasteiger partial charge in [0.15, 0.2) is 12.4 Å². The van der Waals surface area contributed by atoms with E-state index in [0.717, 1.165) is 64.2 Å². The Kier molecular flexibility index (Phi) is 14.0. The minimum Gasteiger partial charge on any atom is -0.463 e. The van der Waals surface area contributed by atoms with E-state index in [-0.39, 0.29) is 19.1 Å². The highest BCUT2D eigenvalue weighted by Gasteiger charge is 2.48. The predicted molar refractivity (Wildman–Crippen MR) is 127 cm³/mol. The molecule has 0 aromatic heterocycles. The van der Waals surface area contributed by atoms with Gasteiger partial charge in [-0.05, 0) is 19.3 Å². The van der Waals surface area contributed by atoms with Gasteiger partial charge in [0.25, 0.3) is 0 Å². The molecule has 198 valence electrons. The lowest BCUT2D eigenvalue weighted by Crippen LogP contribution is -2.61. The average molecular weight is 487 g/mol. The predicted octanol–water partition coefficient (Wildman–Crippen LogP) is 4.18. The zero-order valence-corrected chi connectivity index (χ0v) is 21.1. The molecule has 0 aliphatic carbocycles. The Bertz CT molecular complexity index is 583. The van der Waals surface area contributed by atoms with Crippen LogP contribution < -0.4 is 0 Å². The Morgan fingerprint density at radius 2 is 1.62 bits per heavy atom. The van der Waals surface area contributed by atoms with Crippen LogP contribution in [-0.2, 0) is 28.5 Å². The normalized spacial score (nSPS) is 32.4. The summed E-state index contributed by atoms with van der Waals surface area (Å²) in [5, 5.41) is 21.4. The van der Waals surface area contributed by atoms with E-state index in [1.54, 1.807) is 0 Å². The molecule has 0 aromatic rings. The van der Waals surface area contributed by atoms with Crippen LogP contribution in [0.25, 0.3) is 0 Å². The van der Waals surface area contributed by atoms with E-state index in [9.17, 15) is 19.8 Å². The summed E-state index contributed by atoms with van der Waals surface area (Å²) in [4.78, 5) is 23.8. The number of carbonyl (C=O) groups excluding carboxylic acids is 2. The molecule has 2 aliphatic rings. The zero-order chi connectivity index (χ0) is 24.8. The van der Waals surface area contributed by atoms with E-state index in [1.165, 1.54) is 32.6 Å². The zero-order valence-electron chi connectivity index (χ0n) is 21.1. The van der Waals surface area contributed by atoms with E-state index >= 15 is 0 Å². The minimum absolute atomic E-state index is 0.104. The van der Waals surface area contributed by atoms with Crippen molar-refractivity contribution in [2.24, 2.45) is 0 Å². The number of aliphatic hydroxyl groups is 2. The summed E-state index contributed by atoms with van der Waals surface area (Å²) in [6.45, 7) is 3.23. The fourth-order valence-electron chi connectivity index (χ4n) is 4.66. The summed E-state index contributed by atoms with van der Waals surface area (Å²) in [5.74, 6) is -0.940. The molecule has 2 aliphatic heterocycles. The maximum absolute atomic E-state index is 12.5. The molecule has 0 unspecified atom stereocenters. The van der Waals surface area contributed by atoms with E-state index < -0.39 is 42.6 Å². The van der Waals surface area contributed by atoms with Crippen molar-refractivity contribution in [2.75, 3.05) is 6.61 Å². The smallest absolute Gasteiger partial charge is 0.306 e. The van der Waals surface area contributed by atoms with Crippen molar-refractivity contribution in [3.63, 3.8) is 0 Å². The highest BCUT2D eigenvalue weighted by molar-refractivity contribution is 5.69. The number of rotatable bonds is 7. The summed E-state index contributed by atoms with van der Waals surface area (Å²) in [6, 6.07) is 0. The quantitative estimate of drug-likeness (QED) is 0.407. The van der Waals surface area contributed by atoms with Crippen molar-refractivity contribution in [3.8, 4) is 0 Å². The van der Waals surface area contributed by atoms with E-state index in [1.807, 2.05) is 0 Å². The van der Waals surface area contributed by atoms with Gasteiger partial charge in [-0.3, -0.25) is 9.59 Å². The van der Waals surface area contributed by atoms with Gasteiger partial charge in [0.05, 0.1) is 6.10 Å². The van der Waals surface area contributed by atoms with Gasteiger partial charge in [-0.15, -0.1) is 0 Å². The molecule has 0 amide bonds. The molecule has 0 radical (unpaired) electrons. The molecule has 8 heteroatoms. The Morgan fingerprint density at radius 1 is 0.941 bits per heavy atom. The van der Waals surface area contributed by atoms with Crippen molar-refractivity contribution < 1.29 is 38.7 Å². The van der Waals surface area contributed by atoms with Gasteiger partial charge >= 0.3 is 11.9 Å². The lowest BCUT2D eigenvalue weighted by atomic mass is 9.98. The van der Waals surface area contributed by atoms with Crippen LogP contribution in [0.2, 0.25) is 0 Å². The maximum Gasteiger partial charge on any atom is 0.306 e. The molecule has 0 spiro atoms. The van der Waals surface area contributed by atoms with Gasteiger partial charge in [-0.2, -0.15) is 0 Å². The first-order chi connectivity index (χ1) is 16.4. The van der Waals surface area contributed by atoms with Crippen molar-refractivity contribution in [1.29, 1.82) is 0 Å². The van der Waals surface area contributed by atoms with Crippen LogP contribution in [0.5, 0.6) is 0 Å². The standard InChI is InChI=1S/C26H46O8/c1-3-4-5-12-15-20-16-13-10-8-6-7-9-11-14-17-22(28)34-25-24(30)23(29)21(18-31-19(2)27)33-26(25)32-20/h20-21,23-26,29-30H,3-18H2,1-2H3/t20-,21-,23-,24+,25-,26-/m1/s1. The fraction of sp³-hybridized carbons (Fsp3) is 0.923. The number of hydrogen-bond donors (Lipinski definition) is 2. The van der Waals surface area contributed by atoms with Crippen LogP contribution in [0.3, 0.4) is 0 Å². The topological polar surface area (TPSA) is 112 Å². The molecule has 34 heavy (non-hydrogen) atoms. The molecule has 6 atom stereocenters. The van der Waals surface area contributed by atoms with Crippen LogP contribution >= 0.6 is 0 Å². The largest absolute Gasteiger partial charge is 0.463 e. The Morgan fingerprint density at radius 3 is 2.29 bits per heavy atom. The lowest BCUT2D eigenvalue weighted by Gasteiger charge is -2.42. The van der Waals surface area contributed by atoms with Crippen molar-refractivity contribution in [3.05, 3.63) is 0 Å². The third-order valence-corrected chi connectivity index (χ3v) is 6.73. The second-order valence-electron chi connectivity index (χ2n) is 9.76. The van der Waals surface area contributed by atoms with Gasteiger partial charge in [-0.1, -0.05) is 77.6 Å². The van der Waals surface area contributed by atoms with Crippen LogP contribution in [-0.4, -0.2) is 65.6 Å².